The summed E-state index contributed by atoms with van der Waals surface area (Å²) in [4.78, 5) is 40.4. The lowest BCUT2D eigenvalue weighted by Crippen LogP contribution is -2.22. The maximum Gasteiger partial charge on any atom is 0.354 e. The van der Waals surface area contributed by atoms with Crippen molar-refractivity contribution in [2.75, 3.05) is 5.32 Å². The standard InChI is InChI=1S/C26H22ClN5O5/c1-13-15-8-9-20(17(15)7-6-16(13)25(34)35)28-11-14-10-22(26(36)37)30-23-18(12-29-32(14)23)24(33)31-21-5-3-2-4-19(21)27/h2-7,10,12,20,28H,8-9,11H2,1H3,(H,31,33)(H,34,35)(H,36,37)/t20-/m0/s1. The van der Waals surface area contributed by atoms with E-state index >= 15 is 0 Å². The molecule has 1 aliphatic rings. The third-order valence-corrected chi connectivity index (χ3v) is 6.91. The van der Waals surface area contributed by atoms with Crippen molar-refractivity contribution >= 4 is 40.8 Å². The molecule has 1 amide bonds. The van der Waals surface area contributed by atoms with Crippen molar-refractivity contribution < 1.29 is 24.6 Å². The lowest BCUT2D eigenvalue weighted by Gasteiger charge is -2.16. The molecule has 4 aromatic rings. The number of anilines is 1. The SMILES string of the molecule is Cc1c(C(=O)O)ccc2c1CC[C@@H]2NCc1cc(C(=O)O)nc2c(C(=O)Nc3ccccc3Cl)cnn12. The maximum absolute atomic E-state index is 13.0. The first-order chi connectivity index (χ1) is 17.7. The van der Waals surface area contributed by atoms with E-state index in [0.29, 0.717) is 22.0 Å². The normalized spacial score (nSPS) is 14.5. The summed E-state index contributed by atoms with van der Waals surface area (Å²) in [7, 11) is 0. The summed E-state index contributed by atoms with van der Waals surface area (Å²) in [5.74, 6) is -2.71. The Labute approximate surface area is 215 Å². The van der Waals surface area contributed by atoms with Crippen LogP contribution in [0.3, 0.4) is 0 Å². The fourth-order valence-electron chi connectivity index (χ4n) is 4.72. The molecule has 1 atom stereocenters. The number of amides is 1. The Morgan fingerprint density at radius 3 is 2.62 bits per heavy atom. The fraction of sp³-hybridized carbons (Fsp3) is 0.192. The van der Waals surface area contributed by atoms with Crippen LogP contribution >= 0.6 is 11.6 Å². The highest BCUT2D eigenvalue weighted by molar-refractivity contribution is 6.34. The largest absolute Gasteiger partial charge is 0.478 e. The molecule has 11 heteroatoms. The molecule has 37 heavy (non-hydrogen) atoms. The van der Waals surface area contributed by atoms with Crippen LogP contribution in [-0.2, 0) is 13.0 Å². The highest BCUT2D eigenvalue weighted by atomic mass is 35.5. The van der Waals surface area contributed by atoms with Crippen molar-refractivity contribution in [2.24, 2.45) is 0 Å². The predicted octanol–water partition coefficient (Wildman–Crippen LogP) is 4.12. The smallest absolute Gasteiger partial charge is 0.354 e. The third-order valence-electron chi connectivity index (χ3n) is 6.58. The lowest BCUT2D eigenvalue weighted by atomic mass is 9.98. The first-order valence-electron chi connectivity index (χ1n) is 11.5. The summed E-state index contributed by atoms with van der Waals surface area (Å²) < 4.78 is 1.44. The molecule has 0 aliphatic heterocycles. The molecule has 0 radical (unpaired) electrons. The van der Waals surface area contributed by atoms with Crippen molar-refractivity contribution in [1.82, 2.24) is 19.9 Å². The number of benzene rings is 2. The summed E-state index contributed by atoms with van der Waals surface area (Å²) >= 11 is 6.15. The average Bonchev–Trinajstić information content (AvgIpc) is 3.48. The Hall–Kier alpha value is -4.28. The summed E-state index contributed by atoms with van der Waals surface area (Å²) in [5.41, 5.74) is 3.99. The molecule has 0 bridgehead atoms. The summed E-state index contributed by atoms with van der Waals surface area (Å²) in [6, 6.07) is 11.6. The number of carboxylic acid groups (broad SMARTS) is 2. The first-order valence-corrected chi connectivity index (χ1v) is 11.9. The molecule has 2 aromatic carbocycles. The van der Waals surface area contributed by atoms with Crippen LogP contribution in [-0.4, -0.2) is 42.7 Å². The minimum atomic E-state index is -1.23. The van der Waals surface area contributed by atoms with Gasteiger partial charge in [-0.1, -0.05) is 29.8 Å². The zero-order valence-corrected chi connectivity index (χ0v) is 20.4. The summed E-state index contributed by atoms with van der Waals surface area (Å²) in [6.07, 6.45) is 2.84. The molecule has 10 nitrogen and oxygen atoms in total. The molecular formula is C26H22ClN5O5. The average molecular weight is 520 g/mol. The Morgan fingerprint density at radius 2 is 1.89 bits per heavy atom. The fourth-order valence-corrected chi connectivity index (χ4v) is 4.91. The number of hydrogen-bond acceptors (Lipinski definition) is 6. The van der Waals surface area contributed by atoms with Crippen molar-refractivity contribution in [1.29, 1.82) is 0 Å². The van der Waals surface area contributed by atoms with Gasteiger partial charge in [0, 0.05) is 12.6 Å². The first kappa shape index (κ1) is 24.4. The van der Waals surface area contributed by atoms with Crippen LogP contribution in [0.1, 0.15) is 66.1 Å². The number of halogens is 1. The van der Waals surface area contributed by atoms with Crippen LogP contribution in [0.4, 0.5) is 5.69 Å². The number of hydrogen-bond donors (Lipinski definition) is 4. The van der Waals surface area contributed by atoms with Crippen molar-refractivity contribution in [3.05, 3.63) is 92.9 Å². The molecule has 0 spiro atoms. The van der Waals surface area contributed by atoms with E-state index < -0.39 is 17.8 Å². The van der Waals surface area contributed by atoms with E-state index in [1.54, 1.807) is 30.3 Å². The van der Waals surface area contributed by atoms with E-state index in [9.17, 15) is 24.6 Å². The Kier molecular flexibility index (Phi) is 6.36. The molecular weight excluding hydrogens is 498 g/mol. The Bertz CT molecular complexity index is 1580. The van der Waals surface area contributed by atoms with Gasteiger partial charge in [0.2, 0.25) is 0 Å². The number of carbonyl (C=O) groups excluding carboxylic acids is 1. The number of fused-ring (bicyclic) bond motifs is 2. The number of carboxylic acids is 2. The minimum absolute atomic E-state index is 0.0495. The number of para-hydroxylation sites is 1. The second kappa shape index (κ2) is 9.64. The second-order valence-corrected chi connectivity index (χ2v) is 9.16. The van der Waals surface area contributed by atoms with E-state index in [2.05, 4.69) is 20.7 Å². The third kappa shape index (κ3) is 4.52. The molecule has 188 valence electrons. The van der Waals surface area contributed by atoms with Crippen LogP contribution in [0.5, 0.6) is 0 Å². The van der Waals surface area contributed by atoms with Gasteiger partial charge in [0.1, 0.15) is 5.56 Å². The van der Waals surface area contributed by atoms with Gasteiger partial charge in [-0.3, -0.25) is 4.79 Å². The second-order valence-electron chi connectivity index (χ2n) is 8.75. The monoisotopic (exact) mass is 519 g/mol. The number of rotatable bonds is 7. The van der Waals surface area contributed by atoms with Crippen LogP contribution in [0.15, 0.2) is 48.7 Å². The van der Waals surface area contributed by atoms with E-state index in [-0.39, 0.29) is 29.5 Å². The van der Waals surface area contributed by atoms with Gasteiger partial charge in [0.15, 0.2) is 11.3 Å². The molecule has 0 fully saturated rings. The molecule has 0 unspecified atom stereocenters. The van der Waals surface area contributed by atoms with Gasteiger partial charge >= 0.3 is 11.9 Å². The molecule has 5 rings (SSSR count). The Morgan fingerprint density at radius 1 is 1.11 bits per heavy atom. The quantitative estimate of drug-likeness (QED) is 0.285. The number of carbonyl (C=O) groups is 3. The maximum atomic E-state index is 13.0. The highest BCUT2D eigenvalue weighted by Gasteiger charge is 2.27. The summed E-state index contributed by atoms with van der Waals surface area (Å²) in [6.45, 7) is 2.06. The van der Waals surface area contributed by atoms with E-state index in [0.717, 1.165) is 29.5 Å². The lowest BCUT2D eigenvalue weighted by molar-refractivity contribution is 0.0682. The topological polar surface area (TPSA) is 146 Å². The van der Waals surface area contributed by atoms with Gasteiger partial charge in [0.05, 0.1) is 28.2 Å². The molecule has 2 aromatic heterocycles. The molecule has 1 aliphatic carbocycles. The highest BCUT2D eigenvalue weighted by Crippen LogP contribution is 2.35. The van der Waals surface area contributed by atoms with Crippen LogP contribution < -0.4 is 10.6 Å². The number of aromatic nitrogens is 3. The van der Waals surface area contributed by atoms with E-state index in [1.165, 1.54) is 16.8 Å². The summed E-state index contributed by atoms with van der Waals surface area (Å²) in [5, 5.41) is 29.8. The molecule has 0 saturated carbocycles. The van der Waals surface area contributed by atoms with E-state index in [1.807, 2.05) is 13.0 Å². The van der Waals surface area contributed by atoms with Crippen molar-refractivity contribution in [2.45, 2.75) is 32.4 Å². The van der Waals surface area contributed by atoms with Crippen LogP contribution in [0.2, 0.25) is 5.02 Å². The number of nitrogens with zero attached hydrogens (tertiary/aromatic N) is 3. The molecule has 0 saturated heterocycles. The van der Waals surface area contributed by atoms with Crippen LogP contribution in [0.25, 0.3) is 5.65 Å². The molecule has 2 heterocycles. The molecule has 4 N–H and O–H groups in total. The minimum Gasteiger partial charge on any atom is -0.478 e. The Balaban J connectivity index is 1.44. The van der Waals surface area contributed by atoms with Crippen LogP contribution in [0, 0.1) is 6.92 Å². The van der Waals surface area contributed by atoms with Gasteiger partial charge in [-0.05, 0) is 60.7 Å². The van der Waals surface area contributed by atoms with Crippen molar-refractivity contribution in [3.63, 3.8) is 0 Å². The van der Waals surface area contributed by atoms with Gasteiger partial charge < -0.3 is 20.8 Å². The van der Waals surface area contributed by atoms with Gasteiger partial charge in [-0.2, -0.15) is 5.10 Å². The van der Waals surface area contributed by atoms with Gasteiger partial charge in [-0.15, -0.1) is 0 Å². The predicted molar refractivity (Wildman–Crippen MR) is 135 cm³/mol. The zero-order valence-electron chi connectivity index (χ0n) is 19.7. The zero-order chi connectivity index (χ0) is 26.3. The van der Waals surface area contributed by atoms with Gasteiger partial charge in [-0.25, -0.2) is 19.1 Å². The van der Waals surface area contributed by atoms with Gasteiger partial charge in [0.25, 0.3) is 5.91 Å². The van der Waals surface area contributed by atoms with Crippen molar-refractivity contribution in [3.8, 4) is 0 Å². The van der Waals surface area contributed by atoms with E-state index in [4.69, 9.17) is 11.6 Å². The number of nitrogens with one attached hydrogen (secondary N) is 2. The number of aromatic carboxylic acids is 2.